The fourth-order valence-electron chi connectivity index (χ4n) is 8.71. The van der Waals surface area contributed by atoms with Crippen LogP contribution in [-0.2, 0) is 6.42 Å². The highest BCUT2D eigenvalue weighted by molar-refractivity contribution is 6.10. The Kier molecular flexibility index (Phi) is 7.31. The van der Waals surface area contributed by atoms with Crippen molar-refractivity contribution in [3.8, 4) is 27.9 Å². The van der Waals surface area contributed by atoms with Crippen molar-refractivity contribution >= 4 is 66.7 Å². The average Bonchev–Trinajstić information content (AvgIpc) is 3.81. The van der Waals surface area contributed by atoms with E-state index in [1.807, 2.05) is 0 Å². The van der Waals surface area contributed by atoms with Crippen molar-refractivity contribution in [3.05, 3.63) is 199 Å². The van der Waals surface area contributed by atoms with Crippen LogP contribution in [0.1, 0.15) is 17.7 Å². The van der Waals surface area contributed by atoms with Crippen LogP contribution in [0.5, 0.6) is 0 Å². The third-order valence-corrected chi connectivity index (χ3v) is 11.3. The van der Waals surface area contributed by atoms with Gasteiger partial charge in [0.1, 0.15) is 5.76 Å². The van der Waals surface area contributed by atoms with Crippen molar-refractivity contribution < 1.29 is 4.42 Å². The van der Waals surface area contributed by atoms with E-state index in [9.17, 15) is 0 Å². The lowest BCUT2D eigenvalue weighted by molar-refractivity contribution is 0.546. The monoisotopic (exact) mass is 704 g/mol. The van der Waals surface area contributed by atoms with E-state index in [1.54, 1.807) is 0 Å². The predicted molar refractivity (Wildman–Crippen MR) is 231 cm³/mol. The number of hydrogen-bond acceptors (Lipinski definition) is 2. The molecule has 0 N–H and O–H groups in total. The van der Waals surface area contributed by atoms with E-state index >= 15 is 0 Å². The second-order valence-corrected chi connectivity index (χ2v) is 14.4. The summed E-state index contributed by atoms with van der Waals surface area (Å²) in [7, 11) is 0. The normalized spacial score (nSPS) is 12.5. The summed E-state index contributed by atoms with van der Waals surface area (Å²) in [5.41, 5.74) is 13.6. The van der Waals surface area contributed by atoms with Crippen molar-refractivity contribution in [3.63, 3.8) is 0 Å². The first-order valence-corrected chi connectivity index (χ1v) is 19.1. The van der Waals surface area contributed by atoms with Gasteiger partial charge in [0.25, 0.3) is 0 Å². The fourth-order valence-corrected chi connectivity index (χ4v) is 8.71. The van der Waals surface area contributed by atoms with Crippen LogP contribution in [0.4, 0.5) is 17.1 Å². The smallest absolute Gasteiger partial charge is 0.158 e. The van der Waals surface area contributed by atoms with Gasteiger partial charge >= 0.3 is 0 Å². The standard InChI is InChI=1S/C52H36N2O/c1-2-15-40-35(13-1)14-11-20-41(40)36-27-31-38(32-28-36)53(50-25-12-21-46-45-19-6-10-26-51(45)55-52(46)50)39-33-29-37(30-34-39)42-16-3-7-22-47(42)54-48-23-8-4-17-43(48)44-18-5-9-24-49(44)54/h1-9,11-25,27-34H,10,26H2. The highest BCUT2D eigenvalue weighted by Gasteiger charge is 2.23. The van der Waals surface area contributed by atoms with E-state index in [1.165, 1.54) is 54.8 Å². The van der Waals surface area contributed by atoms with Gasteiger partial charge in [-0.05, 0) is 82.4 Å². The summed E-state index contributed by atoms with van der Waals surface area (Å²) in [6.45, 7) is 0. The minimum atomic E-state index is 0.915. The van der Waals surface area contributed by atoms with Crippen LogP contribution >= 0.6 is 0 Å². The molecule has 2 aromatic heterocycles. The maximum absolute atomic E-state index is 6.71. The molecular weight excluding hydrogens is 669 g/mol. The molecule has 0 fully saturated rings. The number of rotatable bonds is 6. The number of hydrogen-bond donors (Lipinski definition) is 0. The van der Waals surface area contributed by atoms with Crippen molar-refractivity contribution in [1.82, 2.24) is 4.57 Å². The molecule has 0 saturated carbocycles. The third kappa shape index (κ3) is 5.12. The van der Waals surface area contributed by atoms with Crippen molar-refractivity contribution in [1.29, 1.82) is 0 Å². The molecule has 0 amide bonds. The first-order chi connectivity index (χ1) is 27.3. The van der Waals surface area contributed by atoms with Gasteiger partial charge in [-0.25, -0.2) is 0 Å². The van der Waals surface area contributed by atoms with Crippen LogP contribution in [0, 0.1) is 0 Å². The zero-order valence-electron chi connectivity index (χ0n) is 30.2. The molecular formula is C52H36N2O. The van der Waals surface area contributed by atoms with Crippen molar-refractivity contribution in [2.75, 3.05) is 4.90 Å². The molecule has 8 aromatic carbocycles. The minimum Gasteiger partial charge on any atom is -0.458 e. The molecule has 55 heavy (non-hydrogen) atoms. The Bertz CT molecular complexity index is 3030. The predicted octanol–water partition coefficient (Wildman–Crippen LogP) is 14.4. The van der Waals surface area contributed by atoms with Crippen molar-refractivity contribution in [2.45, 2.75) is 12.8 Å². The SMILES string of the molecule is C1=Cc2c(oc3c(N(c4ccc(-c5ccccc5-n5c6ccccc6c6ccccc65)cc4)c4ccc(-c5cccc6ccccc56)cc4)cccc23)CC1. The van der Waals surface area contributed by atoms with Crippen LogP contribution in [0.3, 0.4) is 0 Å². The van der Waals surface area contributed by atoms with E-state index in [2.05, 4.69) is 204 Å². The molecule has 0 saturated heterocycles. The quantitative estimate of drug-likeness (QED) is 0.172. The van der Waals surface area contributed by atoms with E-state index in [0.29, 0.717) is 0 Å². The zero-order chi connectivity index (χ0) is 36.3. The maximum Gasteiger partial charge on any atom is 0.158 e. The van der Waals surface area contributed by atoms with Gasteiger partial charge in [0.15, 0.2) is 5.58 Å². The van der Waals surface area contributed by atoms with Gasteiger partial charge in [0, 0.05) is 45.1 Å². The van der Waals surface area contributed by atoms with Crippen LogP contribution in [0.25, 0.3) is 77.6 Å². The molecule has 260 valence electrons. The minimum absolute atomic E-state index is 0.915. The fraction of sp³-hybridized carbons (Fsp3) is 0.0385. The third-order valence-electron chi connectivity index (χ3n) is 11.3. The molecule has 1 aliphatic carbocycles. The van der Waals surface area contributed by atoms with Gasteiger partial charge in [-0.3, -0.25) is 0 Å². The number of aryl methyl sites for hydroxylation is 1. The van der Waals surface area contributed by atoms with Crippen LogP contribution < -0.4 is 4.90 Å². The molecule has 3 nitrogen and oxygen atoms in total. The molecule has 0 radical (unpaired) electrons. The molecule has 10 aromatic rings. The average molecular weight is 705 g/mol. The van der Waals surface area contributed by atoms with Gasteiger partial charge in [-0.2, -0.15) is 0 Å². The summed E-state index contributed by atoms with van der Waals surface area (Å²) in [5, 5.41) is 6.17. The van der Waals surface area contributed by atoms with E-state index in [-0.39, 0.29) is 0 Å². The Labute approximate surface area is 319 Å². The number of allylic oxidation sites excluding steroid dienone is 1. The summed E-state index contributed by atoms with van der Waals surface area (Å²) in [6.07, 6.45) is 6.39. The number of aromatic nitrogens is 1. The van der Waals surface area contributed by atoms with Gasteiger partial charge in [0.05, 0.1) is 22.4 Å². The Hall–Kier alpha value is -7.10. The van der Waals surface area contributed by atoms with E-state index in [0.717, 1.165) is 57.9 Å². The number of furan rings is 1. The number of benzene rings is 8. The summed E-state index contributed by atoms with van der Waals surface area (Å²) in [5.74, 6) is 1.06. The summed E-state index contributed by atoms with van der Waals surface area (Å²) >= 11 is 0. The number of anilines is 3. The van der Waals surface area contributed by atoms with Crippen LogP contribution in [0.2, 0.25) is 0 Å². The lowest BCUT2D eigenvalue weighted by Crippen LogP contribution is -2.10. The molecule has 11 rings (SSSR count). The van der Waals surface area contributed by atoms with E-state index in [4.69, 9.17) is 4.42 Å². The van der Waals surface area contributed by atoms with Gasteiger partial charge in [0.2, 0.25) is 0 Å². The maximum atomic E-state index is 6.71. The lowest BCUT2D eigenvalue weighted by Gasteiger charge is -2.26. The second-order valence-electron chi connectivity index (χ2n) is 14.4. The molecule has 0 bridgehead atoms. The Morgan fingerprint density at radius 3 is 1.78 bits per heavy atom. The Morgan fingerprint density at radius 1 is 0.473 bits per heavy atom. The summed E-state index contributed by atoms with van der Waals surface area (Å²) in [6, 6.07) is 65.8. The molecule has 2 heterocycles. The summed E-state index contributed by atoms with van der Waals surface area (Å²) < 4.78 is 9.12. The van der Waals surface area contributed by atoms with Crippen LogP contribution in [-0.4, -0.2) is 4.57 Å². The summed E-state index contributed by atoms with van der Waals surface area (Å²) in [4.78, 5) is 2.34. The molecule has 0 atom stereocenters. The van der Waals surface area contributed by atoms with Crippen LogP contribution in [0.15, 0.2) is 192 Å². The van der Waals surface area contributed by atoms with Gasteiger partial charge in [-0.1, -0.05) is 146 Å². The highest BCUT2D eigenvalue weighted by Crippen LogP contribution is 2.44. The van der Waals surface area contributed by atoms with Gasteiger partial charge < -0.3 is 13.9 Å². The lowest BCUT2D eigenvalue weighted by atomic mass is 9.98. The molecule has 0 unspecified atom stereocenters. The number of nitrogens with zero attached hydrogens (tertiary/aromatic N) is 2. The largest absolute Gasteiger partial charge is 0.458 e. The Balaban J connectivity index is 1.05. The molecule has 0 spiro atoms. The zero-order valence-corrected chi connectivity index (χ0v) is 30.2. The molecule has 3 heteroatoms. The topological polar surface area (TPSA) is 21.3 Å². The first-order valence-electron chi connectivity index (χ1n) is 19.1. The van der Waals surface area contributed by atoms with Crippen molar-refractivity contribution in [2.24, 2.45) is 0 Å². The number of fused-ring (bicyclic) bond motifs is 7. The van der Waals surface area contributed by atoms with E-state index < -0.39 is 0 Å². The number of para-hydroxylation sites is 4. The first kappa shape index (κ1) is 31.4. The highest BCUT2D eigenvalue weighted by atomic mass is 16.3. The molecule has 1 aliphatic rings. The second kappa shape index (κ2) is 12.8. The van der Waals surface area contributed by atoms with Gasteiger partial charge in [-0.15, -0.1) is 0 Å². The Morgan fingerprint density at radius 2 is 1.04 bits per heavy atom. The molecule has 0 aliphatic heterocycles.